The van der Waals surface area contributed by atoms with Crippen LogP contribution in [0, 0.1) is 29.5 Å². The highest BCUT2D eigenvalue weighted by Crippen LogP contribution is 2.48. The lowest BCUT2D eigenvalue weighted by atomic mass is 9.64. The highest BCUT2D eigenvalue weighted by Gasteiger charge is 2.45. The number of carbonyl (C=O) groups excluding carboxylic acids is 2. The summed E-state index contributed by atoms with van der Waals surface area (Å²) in [5.74, 6) is -0.627. The van der Waals surface area contributed by atoms with Crippen LogP contribution in [0.25, 0.3) is 0 Å². The molecular formula is C38H47ClFN3O7S. The van der Waals surface area contributed by atoms with Gasteiger partial charge in [-0.1, -0.05) is 30.7 Å². The molecule has 13 heteroatoms. The average Bonchev–Trinajstić information content (AvgIpc) is 3.12. The van der Waals surface area contributed by atoms with E-state index in [9.17, 15) is 18.0 Å². The SMILES string of the molecule is C[C@@H]1[C@@H](C)S(=O)(=O)NC(=O)c2ccc3c(c2)N(Cc2ccc(Cl)c(F)c2CCCCO3)C[C@@H]2CC[C@H]2[C@@H](OCC(=O)N2CCOCC2)C2=C[C@H]1C2. The molecule has 6 atom stereocenters. The van der Waals surface area contributed by atoms with E-state index < -0.39 is 27.0 Å². The van der Waals surface area contributed by atoms with E-state index in [1.54, 1.807) is 36.1 Å². The summed E-state index contributed by atoms with van der Waals surface area (Å²) in [4.78, 5) is 30.7. The molecule has 2 aromatic carbocycles. The van der Waals surface area contributed by atoms with Crippen molar-refractivity contribution in [2.45, 2.75) is 70.3 Å². The zero-order valence-corrected chi connectivity index (χ0v) is 30.8. The van der Waals surface area contributed by atoms with Crippen molar-refractivity contribution in [1.29, 1.82) is 0 Å². The van der Waals surface area contributed by atoms with Gasteiger partial charge in [0.1, 0.15) is 18.2 Å². The number of rotatable bonds is 3. The zero-order chi connectivity index (χ0) is 35.9. The van der Waals surface area contributed by atoms with Crippen LogP contribution in [-0.4, -0.2) is 82.5 Å². The first-order valence-electron chi connectivity index (χ1n) is 18.2. The van der Waals surface area contributed by atoms with Gasteiger partial charge in [0.2, 0.25) is 15.9 Å². The minimum Gasteiger partial charge on any atom is -0.491 e. The number of benzene rings is 2. The second-order valence-corrected chi connectivity index (χ2v) is 17.2. The molecule has 0 aromatic heterocycles. The Morgan fingerprint density at radius 2 is 1.88 bits per heavy atom. The van der Waals surface area contributed by atoms with Crippen molar-refractivity contribution in [2.24, 2.45) is 23.7 Å². The van der Waals surface area contributed by atoms with E-state index in [2.05, 4.69) is 15.7 Å². The number of allylic oxidation sites excluding steroid dienone is 1. The van der Waals surface area contributed by atoms with Crippen LogP contribution in [-0.2, 0) is 37.3 Å². The van der Waals surface area contributed by atoms with Crippen molar-refractivity contribution >= 4 is 39.1 Å². The summed E-state index contributed by atoms with van der Waals surface area (Å²) in [7, 11) is -4.03. The van der Waals surface area contributed by atoms with Gasteiger partial charge in [0.15, 0.2) is 0 Å². The molecular weight excluding hydrogens is 697 g/mol. The molecule has 1 saturated carbocycles. The fraction of sp³-hybridized carbons (Fsp3) is 0.579. The Hall–Kier alpha value is -3.19. The van der Waals surface area contributed by atoms with Crippen molar-refractivity contribution in [2.75, 3.05) is 51.0 Å². The molecule has 2 amide bonds. The van der Waals surface area contributed by atoms with Gasteiger partial charge in [-0.05, 0) is 110 Å². The molecule has 4 aliphatic heterocycles. The molecule has 1 N–H and O–H groups in total. The van der Waals surface area contributed by atoms with Gasteiger partial charge in [0.25, 0.3) is 5.91 Å². The maximum atomic E-state index is 15.6. The first-order valence-corrected chi connectivity index (χ1v) is 20.1. The van der Waals surface area contributed by atoms with Gasteiger partial charge in [-0.15, -0.1) is 0 Å². The smallest absolute Gasteiger partial charge is 0.264 e. The van der Waals surface area contributed by atoms with Crippen molar-refractivity contribution in [3.63, 3.8) is 0 Å². The standard InChI is InChI=1S/C38H47ClFN3O7S/c1-23-24(2)51(46,47)41-38(45)25-8-11-34-33(19-25)43(20-26-7-10-32(39)36(40)30(26)5-3-4-14-49-34)21-27-6-9-31(27)37(29-17-28(23)18-29)50-22-35(44)42-12-15-48-16-13-42/h7-8,10-11,17,19,23-24,27-28,31,37H,3-6,9,12-16,18,20-22H2,1-2H3,(H,41,45)/t23-,24-,27+,28+,31-,37+/m1/s1. The zero-order valence-electron chi connectivity index (χ0n) is 29.2. The number of anilines is 1. The topological polar surface area (TPSA) is 114 Å². The maximum Gasteiger partial charge on any atom is 0.264 e. The highest BCUT2D eigenvalue weighted by molar-refractivity contribution is 7.90. The predicted molar refractivity (Wildman–Crippen MR) is 192 cm³/mol. The predicted octanol–water partition coefficient (Wildman–Crippen LogP) is 5.52. The number of nitrogens with zero attached hydrogens (tertiary/aromatic N) is 2. The third-order valence-electron chi connectivity index (χ3n) is 11.8. The molecule has 0 spiro atoms. The summed E-state index contributed by atoms with van der Waals surface area (Å²) in [6.45, 7) is 6.86. The van der Waals surface area contributed by atoms with Crippen LogP contribution in [0.2, 0.25) is 5.02 Å². The molecule has 2 fully saturated rings. The molecule has 2 aromatic rings. The van der Waals surface area contributed by atoms with Crippen LogP contribution in [0.3, 0.4) is 0 Å². The lowest BCUT2D eigenvalue weighted by Crippen LogP contribution is -2.49. The van der Waals surface area contributed by atoms with Crippen LogP contribution in [0.1, 0.15) is 67.4 Å². The van der Waals surface area contributed by atoms with Crippen molar-refractivity contribution < 1.29 is 36.6 Å². The number of morpholine rings is 1. The van der Waals surface area contributed by atoms with Crippen LogP contribution in [0.4, 0.5) is 10.1 Å². The average molecular weight is 744 g/mol. The molecule has 0 unspecified atom stereocenters. The molecule has 276 valence electrons. The fourth-order valence-corrected chi connectivity index (χ4v) is 9.67. The maximum absolute atomic E-state index is 15.6. The van der Waals surface area contributed by atoms with Crippen LogP contribution >= 0.6 is 11.6 Å². The van der Waals surface area contributed by atoms with Gasteiger partial charge in [-0.2, -0.15) is 0 Å². The summed E-state index contributed by atoms with van der Waals surface area (Å²) in [5, 5.41) is -0.760. The van der Waals surface area contributed by atoms with Crippen molar-refractivity contribution in [1.82, 2.24) is 9.62 Å². The number of nitrogens with one attached hydrogen (secondary N) is 1. The lowest BCUT2D eigenvalue weighted by Gasteiger charge is -2.47. The van der Waals surface area contributed by atoms with E-state index in [-0.39, 0.29) is 52.9 Å². The summed E-state index contributed by atoms with van der Waals surface area (Å²) in [5.41, 5.74) is 3.27. The summed E-state index contributed by atoms with van der Waals surface area (Å²) in [6.07, 6.45) is 6.21. The molecule has 4 bridgehead atoms. The number of carbonyl (C=O) groups is 2. The van der Waals surface area contributed by atoms with Gasteiger partial charge in [-0.3, -0.25) is 9.59 Å². The van der Waals surface area contributed by atoms with Crippen LogP contribution in [0.5, 0.6) is 5.75 Å². The Morgan fingerprint density at radius 3 is 2.63 bits per heavy atom. The van der Waals surface area contributed by atoms with Crippen LogP contribution < -0.4 is 14.4 Å². The number of fused-ring (bicyclic) bond motifs is 5. The number of ether oxygens (including phenoxy) is 3. The molecule has 1 saturated heterocycles. The van der Waals surface area contributed by atoms with E-state index in [0.717, 1.165) is 24.0 Å². The first-order chi connectivity index (χ1) is 24.5. The molecule has 4 heterocycles. The summed E-state index contributed by atoms with van der Waals surface area (Å²) in [6, 6.07) is 8.45. The number of sulfonamides is 1. The first kappa shape index (κ1) is 36.2. The molecule has 2 aliphatic carbocycles. The minimum absolute atomic E-state index is 0.0126. The largest absolute Gasteiger partial charge is 0.491 e. The van der Waals surface area contributed by atoms with E-state index in [4.69, 9.17) is 25.8 Å². The van der Waals surface area contributed by atoms with E-state index in [0.29, 0.717) is 88.7 Å². The van der Waals surface area contributed by atoms with Gasteiger partial charge < -0.3 is 24.0 Å². The Bertz CT molecular complexity index is 1800. The molecule has 0 radical (unpaired) electrons. The minimum atomic E-state index is -4.03. The molecule has 51 heavy (non-hydrogen) atoms. The quantitative estimate of drug-likeness (QED) is 0.410. The van der Waals surface area contributed by atoms with Gasteiger partial charge >= 0.3 is 0 Å². The second kappa shape index (κ2) is 15.0. The van der Waals surface area contributed by atoms with Gasteiger partial charge in [-0.25, -0.2) is 17.5 Å². The Kier molecular flexibility index (Phi) is 10.7. The Morgan fingerprint density at radius 1 is 1.10 bits per heavy atom. The lowest BCUT2D eigenvalue weighted by molar-refractivity contribution is -0.144. The number of halogens is 2. The number of hydrogen-bond acceptors (Lipinski definition) is 8. The van der Waals surface area contributed by atoms with E-state index in [1.165, 1.54) is 0 Å². The van der Waals surface area contributed by atoms with E-state index in [1.807, 2.05) is 13.0 Å². The van der Waals surface area contributed by atoms with Gasteiger partial charge in [0.05, 0.1) is 41.9 Å². The molecule has 8 rings (SSSR count). The van der Waals surface area contributed by atoms with Crippen molar-refractivity contribution in [3.05, 3.63) is 69.5 Å². The summed E-state index contributed by atoms with van der Waals surface area (Å²) < 4.78 is 63.3. The Labute approximate surface area is 304 Å². The summed E-state index contributed by atoms with van der Waals surface area (Å²) >= 11 is 6.27. The van der Waals surface area contributed by atoms with Crippen LogP contribution in [0.15, 0.2) is 42.0 Å². The van der Waals surface area contributed by atoms with Gasteiger partial charge in [0, 0.05) is 31.7 Å². The van der Waals surface area contributed by atoms with Crippen molar-refractivity contribution in [3.8, 4) is 5.75 Å². The number of hydrogen-bond donors (Lipinski definition) is 1. The fourth-order valence-electron chi connectivity index (χ4n) is 8.17. The second-order valence-electron chi connectivity index (χ2n) is 14.7. The molecule has 6 aliphatic rings. The van der Waals surface area contributed by atoms with E-state index >= 15 is 4.39 Å². The Balaban J connectivity index is 1.28. The normalized spacial score (nSPS) is 29.4. The third kappa shape index (κ3) is 7.52. The third-order valence-corrected chi connectivity index (χ3v) is 13.9. The monoisotopic (exact) mass is 743 g/mol. The molecule has 10 nitrogen and oxygen atoms in total. The highest BCUT2D eigenvalue weighted by atomic mass is 35.5. The number of amides is 2.